The van der Waals surface area contributed by atoms with Gasteiger partial charge in [-0.2, -0.15) is 0 Å². The second kappa shape index (κ2) is 10.4. The molecule has 0 N–H and O–H groups in total. The van der Waals surface area contributed by atoms with Crippen LogP contribution in [0.25, 0.3) is 11.1 Å². The van der Waals surface area contributed by atoms with Crippen molar-refractivity contribution in [1.82, 2.24) is 14.4 Å². The molecule has 2 bridgehead atoms. The molecule has 3 heterocycles. The molecule has 35 heavy (non-hydrogen) atoms. The average Bonchev–Trinajstić information content (AvgIpc) is 3.19. The molecule has 1 aromatic heterocycles. The first kappa shape index (κ1) is 23.2. The molecule has 0 saturated carbocycles. The first-order chi connectivity index (χ1) is 17.1. The summed E-state index contributed by atoms with van der Waals surface area (Å²) in [6.45, 7) is 1.36. The van der Waals surface area contributed by atoms with Gasteiger partial charge >= 0.3 is 5.76 Å². The number of oxazole rings is 1. The fraction of sp³-hybridized carbons (Fsp3) is 0.444. The molecular formula is C27H31N3O5. The van der Waals surface area contributed by atoms with E-state index in [9.17, 15) is 14.4 Å². The number of ether oxygens (including phenoxy) is 1. The summed E-state index contributed by atoms with van der Waals surface area (Å²) in [6, 6.07) is 15.3. The van der Waals surface area contributed by atoms with E-state index in [0.717, 1.165) is 44.4 Å². The van der Waals surface area contributed by atoms with Gasteiger partial charge in [0.25, 0.3) is 0 Å². The Kier molecular flexibility index (Phi) is 6.88. The van der Waals surface area contributed by atoms with Crippen LogP contribution >= 0.6 is 0 Å². The zero-order chi connectivity index (χ0) is 24.2. The summed E-state index contributed by atoms with van der Waals surface area (Å²) >= 11 is 0. The number of para-hydroxylation sites is 2. The van der Waals surface area contributed by atoms with Gasteiger partial charge in [0.1, 0.15) is 12.3 Å². The highest BCUT2D eigenvalue weighted by atomic mass is 16.5. The summed E-state index contributed by atoms with van der Waals surface area (Å²) in [5.74, 6) is -0.0634. The Morgan fingerprint density at radius 1 is 0.971 bits per heavy atom. The number of carbonyl (C=O) groups excluding carboxylic acids is 2. The topological polar surface area (TPSA) is 85.0 Å². The third-order valence-electron chi connectivity index (χ3n) is 7.00. The fourth-order valence-electron chi connectivity index (χ4n) is 5.14. The molecule has 0 radical (unpaired) electrons. The number of hydrogen-bond donors (Lipinski definition) is 0. The second-order valence-electron chi connectivity index (χ2n) is 9.36. The molecule has 1 saturated heterocycles. The molecule has 2 aliphatic heterocycles. The smallest absolute Gasteiger partial charge is 0.420 e. The lowest BCUT2D eigenvalue weighted by Gasteiger charge is -2.37. The summed E-state index contributed by atoms with van der Waals surface area (Å²) in [5.41, 5.74) is 2.22. The molecule has 2 aliphatic rings. The number of carbonyl (C=O) groups is 2. The molecule has 5 rings (SSSR count). The third-order valence-corrected chi connectivity index (χ3v) is 7.00. The molecule has 1 fully saturated rings. The number of hydrogen-bond acceptors (Lipinski definition) is 5. The van der Waals surface area contributed by atoms with E-state index in [0.29, 0.717) is 30.7 Å². The Bertz CT molecular complexity index is 1260. The van der Waals surface area contributed by atoms with Crippen molar-refractivity contribution in [3.63, 3.8) is 0 Å². The first-order valence-corrected chi connectivity index (χ1v) is 12.5. The van der Waals surface area contributed by atoms with Crippen LogP contribution < -0.4 is 10.5 Å². The number of rotatable bonds is 2. The van der Waals surface area contributed by atoms with Crippen LogP contribution in [0.4, 0.5) is 0 Å². The normalized spacial score (nSPS) is 19.7. The van der Waals surface area contributed by atoms with Crippen LogP contribution in [0.15, 0.2) is 57.7 Å². The van der Waals surface area contributed by atoms with Crippen molar-refractivity contribution in [2.45, 2.75) is 51.1 Å². The summed E-state index contributed by atoms with van der Waals surface area (Å²) in [4.78, 5) is 42.7. The van der Waals surface area contributed by atoms with Gasteiger partial charge < -0.3 is 19.0 Å². The maximum absolute atomic E-state index is 13.4. The molecule has 8 nitrogen and oxygen atoms in total. The Hall–Kier alpha value is -3.55. The predicted molar refractivity (Wildman–Crippen MR) is 131 cm³/mol. The number of fused-ring (bicyclic) bond motifs is 4. The van der Waals surface area contributed by atoms with E-state index < -0.39 is 5.76 Å². The minimum absolute atomic E-state index is 0.00512. The van der Waals surface area contributed by atoms with Gasteiger partial charge in [-0.05, 0) is 68.4 Å². The van der Waals surface area contributed by atoms with Crippen LogP contribution in [0.2, 0.25) is 0 Å². The summed E-state index contributed by atoms with van der Waals surface area (Å²) in [6.07, 6.45) is 5.41. The standard InChI is InChI=1S/C27H31N3O5/c31-25(19-30-23-10-1-2-11-24(23)35-27(30)33)28-14-6-16-34-22-9-5-7-20(17-22)12-13-21-8-3-4-15-29(21)26(32)18-28/h1-2,5,7,9-11,17,21H,3-4,6,8,12-16,18-19H2. The monoisotopic (exact) mass is 477 g/mol. The van der Waals surface area contributed by atoms with Gasteiger partial charge in [-0.3, -0.25) is 14.2 Å². The predicted octanol–water partition coefficient (Wildman–Crippen LogP) is 3.22. The van der Waals surface area contributed by atoms with Crippen molar-refractivity contribution in [3.8, 4) is 5.75 Å². The van der Waals surface area contributed by atoms with Crippen molar-refractivity contribution in [2.75, 3.05) is 26.2 Å². The Morgan fingerprint density at radius 3 is 2.77 bits per heavy atom. The number of benzene rings is 2. The lowest BCUT2D eigenvalue weighted by atomic mass is 9.95. The van der Waals surface area contributed by atoms with Crippen LogP contribution in [-0.4, -0.2) is 58.5 Å². The lowest BCUT2D eigenvalue weighted by molar-refractivity contribution is -0.143. The average molecular weight is 478 g/mol. The Morgan fingerprint density at radius 2 is 1.86 bits per heavy atom. The van der Waals surface area contributed by atoms with Crippen molar-refractivity contribution in [3.05, 3.63) is 64.6 Å². The Balaban J connectivity index is 1.38. The second-order valence-corrected chi connectivity index (χ2v) is 9.36. The van der Waals surface area contributed by atoms with Crippen LogP contribution in [0, 0.1) is 0 Å². The number of piperidine rings is 1. The number of nitrogens with zero attached hydrogens (tertiary/aromatic N) is 3. The summed E-state index contributed by atoms with van der Waals surface area (Å²) in [5, 5.41) is 0. The summed E-state index contributed by atoms with van der Waals surface area (Å²) < 4.78 is 12.5. The maximum Gasteiger partial charge on any atom is 0.420 e. The van der Waals surface area contributed by atoms with Gasteiger partial charge in [0.05, 0.1) is 18.7 Å². The fourth-order valence-corrected chi connectivity index (χ4v) is 5.14. The molecule has 184 valence electrons. The van der Waals surface area contributed by atoms with Crippen LogP contribution in [0.5, 0.6) is 5.75 Å². The van der Waals surface area contributed by atoms with Gasteiger partial charge in [-0.15, -0.1) is 0 Å². The van der Waals surface area contributed by atoms with E-state index >= 15 is 0 Å². The first-order valence-electron chi connectivity index (χ1n) is 12.5. The molecule has 2 aromatic carbocycles. The largest absolute Gasteiger partial charge is 0.494 e. The van der Waals surface area contributed by atoms with Gasteiger partial charge in [-0.25, -0.2) is 4.79 Å². The van der Waals surface area contributed by atoms with Gasteiger partial charge in [-0.1, -0.05) is 24.3 Å². The molecule has 8 heteroatoms. The highest BCUT2D eigenvalue weighted by Crippen LogP contribution is 2.24. The van der Waals surface area contributed by atoms with Crippen molar-refractivity contribution in [2.24, 2.45) is 0 Å². The highest BCUT2D eigenvalue weighted by Gasteiger charge is 2.29. The summed E-state index contributed by atoms with van der Waals surface area (Å²) in [7, 11) is 0. The zero-order valence-corrected chi connectivity index (χ0v) is 19.9. The van der Waals surface area contributed by atoms with E-state index in [1.807, 2.05) is 17.0 Å². The van der Waals surface area contributed by atoms with Crippen molar-refractivity contribution >= 4 is 22.9 Å². The Labute approximate surface area is 204 Å². The lowest BCUT2D eigenvalue weighted by Crippen LogP contribution is -2.50. The molecular weight excluding hydrogens is 446 g/mol. The van der Waals surface area contributed by atoms with Gasteiger partial charge in [0.2, 0.25) is 11.8 Å². The quantitative estimate of drug-likeness (QED) is 0.566. The molecule has 0 spiro atoms. The molecule has 3 aromatic rings. The molecule has 2 amide bonds. The minimum atomic E-state index is -0.577. The van der Waals surface area contributed by atoms with Crippen LogP contribution in [0.1, 0.15) is 37.7 Å². The van der Waals surface area contributed by atoms with Crippen LogP contribution in [-0.2, 0) is 22.6 Å². The van der Waals surface area contributed by atoms with Crippen molar-refractivity contribution in [1.29, 1.82) is 0 Å². The van der Waals surface area contributed by atoms with E-state index in [1.165, 1.54) is 10.1 Å². The third kappa shape index (κ3) is 5.26. The van der Waals surface area contributed by atoms with E-state index in [2.05, 4.69) is 12.1 Å². The maximum atomic E-state index is 13.4. The van der Waals surface area contributed by atoms with Gasteiger partial charge in [0.15, 0.2) is 5.58 Å². The van der Waals surface area contributed by atoms with E-state index in [4.69, 9.17) is 9.15 Å². The zero-order valence-electron chi connectivity index (χ0n) is 19.9. The van der Waals surface area contributed by atoms with E-state index in [1.54, 1.807) is 29.2 Å². The van der Waals surface area contributed by atoms with E-state index in [-0.39, 0.29) is 30.9 Å². The number of aryl methyl sites for hydroxylation is 1. The number of aromatic nitrogens is 1. The highest BCUT2D eigenvalue weighted by molar-refractivity contribution is 5.86. The number of amides is 2. The SMILES string of the molecule is O=C(Cn1c(=O)oc2ccccc21)N1CCCOc2cccc(c2)CCC2CCCCN2C(=O)C1. The van der Waals surface area contributed by atoms with Gasteiger partial charge in [0, 0.05) is 19.1 Å². The minimum Gasteiger partial charge on any atom is -0.494 e. The molecule has 0 aliphatic carbocycles. The molecule has 1 unspecified atom stereocenters. The van der Waals surface area contributed by atoms with Crippen LogP contribution in [0.3, 0.4) is 0 Å². The van der Waals surface area contributed by atoms with Crippen molar-refractivity contribution < 1.29 is 18.7 Å². The molecule has 1 atom stereocenters.